The second-order valence-electron chi connectivity index (χ2n) is 4.62. The molecule has 13 heavy (non-hydrogen) atoms. The summed E-state index contributed by atoms with van der Waals surface area (Å²) in [4.78, 5) is 0. The largest absolute Gasteiger partial charge is 0.380 e. The van der Waals surface area contributed by atoms with Crippen molar-refractivity contribution in [3.05, 3.63) is 24.3 Å². The van der Waals surface area contributed by atoms with E-state index in [9.17, 15) is 0 Å². The van der Waals surface area contributed by atoms with Crippen LogP contribution in [0.5, 0.6) is 0 Å². The Hall–Kier alpha value is -0.560. The fourth-order valence-electron chi connectivity index (χ4n) is 3.46. The van der Waals surface area contributed by atoms with Gasteiger partial charge in [-0.25, -0.2) is 0 Å². The molecule has 2 bridgehead atoms. The van der Waals surface area contributed by atoms with Gasteiger partial charge < -0.3 is 4.74 Å². The van der Waals surface area contributed by atoms with Gasteiger partial charge in [0.2, 0.25) is 0 Å². The average molecular weight is 176 g/mol. The molecule has 3 rings (SSSR count). The first-order valence-electron chi connectivity index (χ1n) is 5.28. The second kappa shape index (κ2) is 2.48. The monoisotopic (exact) mass is 176 g/mol. The third-order valence-electron chi connectivity index (χ3n) is 4.24. The summed E-state index contributed by atoms with van der Waals surface area (Å²) in [5, 5.41) is 0. The van der Waals surface area contributed by atoms with Gasteiger partial charge in [0, 0.05) is 5.41 Å². The first kappa shape index (κ1) is 7.81. The molecule has 1 heteroatoms. The molecule has 0 N–H and O–H groups in total. The lowest BCUT2D eigenvalue weighted by Gasteiger charge is -2.40. The van der Waals surface area contributed by atoms with Crippen LogP contribution in [0.2, 0.25) is 0 Å². The molecule has 0 aromatic carbocycles. The van der Waals surface area contributed by atoms with Crippen molar-refractivity contribution in [2.75, 3.05) is 13.2 Å². The van der Waals surface area contributed by atoms with E-state index in [4.69, 9.17) is 4.74 Å². The molecule has 1 heterocycles. The molecule has 2 fully saturated rings. The summed E-state index contributed by atoms with van der Waals surface area (Å²) in [6, 6.07) is 0. The van der Waals surface area contributed by atoms with Gasteiger partial charge in [0.1, 0.15) is 0 Å². The van der Waals surface area contributed by atoms with Crippen molar-refractivity contribution in [1.82, 2.24) is 0 Å². The highest BCUT2D eigenvalue weighted by atomic mass is 16.5. The molecular formula is C12H16O. The van der Waals surface area contributed by atoms with Gasteiger partial charge in [-0.15, -0.1) is 0 Å². The smallest absolute Gasteiger partial charge is 0.0571 e. The van der Waals surface area contributed by atoms with E-state index in [2.05, 4.69) is 18.7 Å². The lowest BCUT2D eigenvalue weighted by atomic mass is 9.69. The molecule has 1 saturated carbocycles. The molecule has 3 aliphatic rings. The molecule has 0 aromatic rings. The number of allylic oxidation sites excluding steroid dienone is 2. The summed E-state index contributed by atoms with van der Waals surface area (Å²) in [7, 11) is 0. The molecule has 70 valence electrons. The highest BCUT2D eigenvalue weighted by Crippen LogP contribution is 2.59. The molecule has 0 amide bonds. The van der Waals surface area contributed by atoms with Gasteiger partial charge in [0.05, 0.1) is 13.2 Å². The molecule has 1 saturated heterocycles. The van der Waals surface area contributed by atoms with E-state index >= 15 is 0 Å². The zero-order valence-electron chi connectivity index (χ0n) is 7.96. The lowest BCUT2D eigenvalue weighted by molar-refractivity contribution is 0.0114. The predicted octanol–water partition coefficient (Wildman–Crippen LogP) is 2.55. The lowest BCUT2D eigenvalue weighted by Crippen LogP contribution is -2.38. The van der Waals surface area contributed by atoms with Gasteiger partial charge in [-0.1, -0.05) is 24.3 Å². The fraction of sp³-hybridized carbons (Fsp3) is 0.667. The van der Waals surface area contributed by atoms with Crippen LogP contribution in [-0.2, 0) is 4.74 Å². The van der Waals surface area contributed by atoms with Crippen LogP contribution >= 0.6 is 0 Å². The predicted molar refractivity (Wildman–Crippen MR) is 52.4 cm³/mol. The maximum Gasteiger partial charge on any atom is 0.0571 e. The van der Waals surface area contributed by atoms with Crippen molar-refractivity contribution < 1.29 is 4.74 Å². The van der Waals surface area contributed by atoms with Crippen LogP contribution in [0.1, 0.15) is 19.3 Å². The minimum absolute atomic E-state index is 0.332. The van der Waals surface area contributed by atoms with Crippen LogP contribution in [0.15, 0.2) is 24.3 Å². The number of rotatable bonds is 0. The van der Waals surface area contributed by atoms with Crippen LogP contribution in [0.3, 0.4) is 0 Å². The minimum atomic E-state index is 0.332. The van der Waals surface area contributed by atoms with Crippen LogP contribution in [0.4, 0.5) is 0 Å². The first-order valence-corrected chi connectivity index (χ1v) is 5.28. The fourth-order valence-corrected chi connectivity index (χ4v) is 3.46. The van der Waals surface area contributed by atoms with Crippen molar-refractivity contribution >= 4 is 0 Å². The topological polar surface area (TPSA) is 9.23 Å². The Morgan fingerprint density at radius 3 is 2.54 bits per heavy atom. The van der Waals surface area contributed by atoms with Crippen molar-refractivity contribution in [1.29, 1.82) is 0 Å². The molecule has 0 unspecified atom stereocenters. The summed E-state index contributed by atoms with van der Waals surface area (Å²) >= 11 is 0. The van der Waals surface area contributed by atoms with E-state index in [0.717, 1.165) is 31.5 Å². The second-order valence-corrected chi connectivity index (χ2v) is 4.62. The summed E-state index contributed by atoms with van der Waals surface area (Å²) in [6.07, 6.45) is 8.57. The maximum atomic E-state index is 5.66. The molecule has 2 aliphatic carbocycles. The summed E-state index contributed by atoms with van der Waals surface area (Å²) in [5.74, 6) is 1.48. The van der Waals surface area contributed by atoms with Gasteiger partial charge in [0.15, 0.2) is 0 Å². The highest BCUT2D eigenvalue weighted by molar-refractivity contribution is 5.30. The van der Waals surface area contributed by atoms with Crippen molar-refractivity contribution in [3.8, 4) is 0 Å². The minimum Gasteiger partial charge on any atom is -0.380 e. The Kier molecular flexibility index (Phi) is 1.49. The zero-order chi connectivity index (χ0) is 8.89. The Labute approximate surface area is 79.5 Å². The van der Waals surface area contributed by atoms with E-state index in [1.807, 2.05) is 0 Å². The average Bonchev–Trinajstić information content (AvgIpc) is 2.67. The zero-order valence-corrected chi connectivity index (χ0v) is 7.96. The van der Waals surface area contributed by atoms with E-state index in [1.165, 1.54) is 18.4 Å². The standard InChI is InChI=1S/C12H16O/c1-9-6-7-13-8-12(9)10-2-3-11(12)5-4-10/h2-3,10-11H,1,4-8H2/t10-,11-/m1/s1. The molecule has 2 atom stereocenters. The Bertz CT molecular complexity index is 263. The van der Waals surface area contributed by atoms with Crippen molar-refractivity contribution in [2.24, 2.45) is 17.3 Å². The normalized spacial score (nSPS) is 47.8. The van der Waals surface area contributed by atoms with Crippen LogP contribution < -0.4 is 0 Å². The quantitative estimate of drug-likeness (QED) is 0.515. The number of hydrogen-bond donors (Lipinski definition) is 0. The summed E-state index contributed by atoms with van der Waals surface area (Å²) in [6.45, 7) is 6.08. The third-order valence-corrected chi connectivity index (χ3v) is 4.24. The van der Waals surface area contributed by atoms with Gasteiger partial charge in [-0.2, -0.15) is 0 Å². The summed E-state index contributed by atoms with van der Waals surface area (Å²) < 4.78 is 5.66. The number of hydrogen-bond acceptors (Lipinski definition) is 1. The van der Waals surface area contributed by atoms with Gasteiger partial charge in [-0.05, 0) is 31.1 Å². The van der Waals surface area contributed by atoms with E-state index in [-0.39, 0.29) is 0 Å². The molecule has 1 spiro atoms. The van der Waals surface area contributed by atoms with Gasteiger partial charge in [-0.3, -0.25) is 0 Å². The molecule has 1 aliphatic heterocycles. The Morgan fingerprint density at radius 2 is 2.00 bits per heavy atom. The van der Waals surface area contributed by atoms with Gasteiger partial charge >= 0.3 is 0 Å². The number of ether oxygens (including phenoxy) is 1. The van der Waals surface area contributed by atoms with E-state index in [1.54, 1.807) is 0 Å². The van der Waals surface area contributed by atoms with Crippen LogP contribution in [-0.4, -0.2) is 13.2 Å². The molecular weight excluding hydrogens is 160 g/mol. The van der Waals surface area contributed by atoms with Gasteiger partial charge in [0.25, 0.3) is 0 Å². The Balaban J connectivity index is 2.00. The van der Waals surface area contributed by atoms with Crippen LogP contribution in [0.25, 0.3) is 0 Å². The first-order chi connectivity index (χ1) is 6.34. The molecule has 1 nitrogen and oxygen atoms in total. The Morgan fingerprint density at radius 1 is 1.31 bits per heavy atom. The maximum absolute atomic E-state index is 5.66. The third kappa shape index (κ3) is 0.812. The highest BCUT2D eigenvalue weighted by Gasteiger charge is 2.53. The molecule has 0 radical (unpaired) electrons. The van der Waals surface area contributed by atoms with Crippen molar-refractivity contribution in [2.45, 2.75) is 19.3 Å². The SMILES string of the molecule is C=C1CCOCC12[C@@H]1C=C[C@@H]2CC1. The van der Waals surface area contributed by atoms with Crippen LogP contribution in [0, 0.1) is 17.3 Å². The van der Waals surface area contributed by atoms with Crippen molar-refractivity contribution in [3.63, 3.8) is 0 Å². The molecule has 0 aromatic heterocycles. The summed E-state index contributed by atoms with van der Waals surface area (Å²) in [5.41, 5.74) is 1.79. The van der Waals surface area contributed by atoms with E-state index in [0.29, 0.717) is 5.41 Å². The van der Waals surface area contributed by atoms with E-state index < -0.39 is 0 Å².